The van der Waals surface area contributed by atoms with E-state index in [0.717, 1.165) is 17.2 Å². The highest BCUT2D eigenvalue weighted by Crippen LogP contribution is 2.23. The van der Waals surface area contributed by atoms with Crippen LogP contribution in [0.5, 0.6) is 0 Å². The van der Waals surface area contributed by atoms with Crippen LogP contribution in [0.4, 0.5) is 5.69 Å². The Hall–Kier alpha value is -1.93. The van der Waals surface area contributed by atoms with Crippen molar-refractivity contribution in [1.29, 1.82) is 0 Å². The van der Waals surface area contributed by atoms with Gasteiger partial charge in [-0.05, 0) is 31.2 Å². The number of nitrogens with zero attached hydrogens (tertiary/aromatic N) is 4. The average molecular weight is 338 g/mol. The third-order valence-corrected chi connectivity index (χ3v) is 4.74. The second-order valence-electron chi connectivity index (χ2n) is 5.19. The van der Waals surface area contributed by atoms with E-state index in [0.29, 0.717) is 25.3 Å². The number of benzene rings is 1. The van der Waals surface area contributed by atoms with Crippen LogP contribution in [0.15, 0.2) is 24.3 Å². The Labute approximate surface area is 137 Å². The standard InChI is InChI=1S/C15H22N4O3S/c1-5-19-15(16-14(17-19)10-11-22-3)12-6-8-13(9-7-12)18(2)23(4,20)21/h6-9H,5,10-11H2,1-4H3. The predicted octanol–water partition coefficient (Wildman–Crippen LogP) is 1.55. The monoisotopic (exact) mass is 338 g/mol. The molecule has 0 saturated heterocycles. The zero-order valence-electron chi connectivity index (χ0n) is 13.9. The summed E-state index contributed by atoms with van der Waals surface area (Å²) in [7, 11) is -0.0890. The Morgan fingerprint density at radius 3 is 2.43 bits per heavy atom. The number of hydrogen-bond acceptors (Lipinski definition) is 5. The highest BCUT2D eigenvalue weighted by molar-refractivity contribution is 7.92. The minimum atomic E-state index is -3.27. The smallest absolute Gasteiger partial charge is 0.231 e. The fourth-order valence-corrected chi connectivity index (χ4v) is 2.64. The van der Waals surface area contributed by atoms with Gasteiger partial charge in [-0.15, -0.1) is 0 Å². The van der Waals surface area contributed by atoms with E-state index in [1.54, 1.807) is 19.2 Å². The van der Waals surface area contributed by atoms with Gasteiger partial charge in [0.05, 0.1) is 18.6 Å². The maximum absolute atomic E-state index is 11.6. The van der Waals surface area contributed by atoms with E-state index in [2.05, 4.69) is 10.1 Å². The van der Waals surface area contributed by atoms with E-state index in [1.165, 1.54) is 17.6 Å². The molecule has 0 aliphatic rings. The van der Waals surface area contributed by atoms with Crippen LogP contribution in [-0.2, 0) is 27.7 Å². The molecule has 1 aromatic carbocycles. The Morgan fingerprint density at radius 2 is 1.91 bits per heavy atom. The van der Waals surface area contributed by atoms with Crippen LogP contribution < -0.4 is 4.31 Å². The lowest BCUT2D eigenvalue weighted by Crippen LogP contribution is -2.24. The highest BCUT2D eigenvalue weighted by Gasteiger charge is 2.14. The third kappa shape index (κ3) is 4.08. The van der Waals surface area contributed by atoms with Crippen LogP contribution >= 0.6 is 0 Å². The van der Waals surface area contributed by atoms with Gasteiger partial charge >= 0.3 is 0 Å². The SMILES string of the molecule is CCn1nc(CCOC)nc1-c1ccc(N(C)S(C)(=O)=O)cc1. The number of methoxy groups -OCH3 is 1. The molecule has 23 heavy (non-hydrogen) atoms. The number of sulfonamides is 1. The van der Waals surface area contributed by atoms with Gasteiger partial charge in [0, 0.05) is 32.7 Å². The number of aromatic nitrogens is 3. The van der Waals surface area contributed by atoms with Crippen molar-refractivity contribution in [3.05, 3.63) is 30.1 Å². The average Bonchev–Trinajstić information content (AvgIpc) is 2.94. The van der Waals surface area contributed by atoms with E-state index in [9.17, 15) is 8.42 Å². The number of anilines is 1. The topological polar surface area (TPSA) is 77.3 Å². The van der Waals surface area contributed by atoms with Crippen molar-refractivity contribution < 1.29 is 13.2 Å². The van der Waals surface area contributed by atoms with Gasteiger partial charge < -0.3 is 4.74 Å². The zero-order valence-corrected chi connectivity index (χ0v) is 14.7. The van der Waals surface area contributed by atoms with Gasteiger partial charge in [0.25, 0.3) is 0 Å². The lowest BCUT2D eigenvalue weighted by Gasteiger charge is -2.16. The van der Waals surface area contributed by atoms with E-state index in [4.69, 9.17) is 4.74 Å². The Morgan fingerprint density at radius 1 is 1.26 bits per heavy atom. The summed E-state index contributed by atoms with van der Waals surface area (Å²) in [6.07, 6.45) is 1.84. The first-order chi connectivity index (χ1) is 10.9. The van der Waals surface area contributed by atoms with Crippen LogP contribution in [0, 0.1) is 0 Å². The molecule has 0 fully saturated rings. The predicted molar refractivity (Wildman–Crippen MR) is 90.0 cm³/mol. The van der Waals surface area contributed by atoms with Gasteiger partial charge in [-0.1, -0.05) is 0 Å². The van der Waals surface area contributed by atoms with Crippen molar-refractivity contribution >= 4 is 15.7 Å². The molecule has 2 aromatic rings. The summed E-state index contributed by atoms with van der Waals surface area (Å²) < 4.78 is 31.3. The summed E-state index contributed by atoms with van der Waals surface area (Å²) in [5, 5.41) is 4.46. The van der Waals surface area contributed by atoms with Gasteiger partial charge in [0.1, 0.15) is 0 Å². The zero-order chi connectivity index (χ0) is 17.0. The molecule has 0 atom stereocenters. The van der Waals surface area contributed by atoms with Crippen molar-refractivity contribution in [2.45, 2.75) is 19.9 Å². The third-order valence-electron chi connectivity index (χ3n) is 3.53. The maximum atomic E-state index is 11.6. The van der Waals surface area contributed by atoms with Crippen molar-refractivity contribution in [2.75, 3.05) is 31.3 Å². The lowest BCUT2D eigenvalue weighted by atomic mass is 10.2. The molecule has 0 radical (unpaired) electrons. The second kappa shape index (κ2) is 7.10. The molecule has 7 nitrogen and oxygen atoms in total. The summed E-state index contributed by atoms with van der Waals surface area (Å²) >= 11 is 0. The molecule has 0 unspecified atom stereocenters. The Balaban J connectivity index is 2.30. The molecule has 126 valence electrons. The number of rotatable bonds is 7. The van der Waals surface area contributed by atoms with Crippen molar-refractivity contribution in [3.63, 3.8) is 0 Å². The minimum Gasteiger partial charge on any atom is -0.384 e. The van der Waals surface area contributed by atoms with Gasteiger partial charge in [0.2, 0.25) is 10.0 Å². The van der Waals surface area contributed by atoms with E-state index < -0.39 is 10.0 Å². The van der Waals surface area contributed by atoms with Crippen LogP contribution in [0.2, 0.25) is 0 Å². The van der Waals surface area contributed by atoms with Crippen molar-refractivity contribution in [3.8, 4) is 11.4 Å². The molecule has 0 bridgehead atoms. The molecule has 1 heterocycles. The molecule has 0 amide bonds. The second-order valence-corrected chi connectivity index (χ2v) is 7.20. The first kappa shape index (κ1) is 17.4. The molecule has 0 saturated carbocycles. The lowest BCUT2D eigenvalue weighted by molar-refractivity contribution is 0.200. The van der Waals surface area contributed by atoms with E-state index in [1.807, 2.05) is 23.7 Å². The summed E-state index contributed by atoms with van der Waals surface area (Å²) in [5.41, 5.74) is 1.51. The van der Waals surface area contributed by atoms with Crippen LogP contribution in [0.25, 0.3) is 11.4 Å². The van der Waals surface area contributed by atoms with E-state index >= 15 is 0 Å². The molecular weight excluding hydrogens is 316 g/mol. The maximum Gasteiger partial charge on any atom is 0.231 e. The Kier molecular flexibility index (Phi) is 5.38. The van der Waals surface area contributed by atoms with Crippen LogP contribution in [0.1, 0.15) is 12.7 Å². The Bertz CT molecular complexity index is 754. The molecular formula is C15H22N4O3S. The van der Waals surface area contributed by atoms with E-state index in [-0.39, 0.29) is 0 Å². The first-order valence-corrected chi connectivity index (χ1v) is 9.18. The number of hydrogen-bond donors (Lipinski definition) is 0. The normalized spacial score (nSPS) is 11.7. The molecule has 0 spiro atoms. The molecule has 0 aliphatic heterocycles. The van der Waals surface area contributed by atoms with Crippen LogP contribution in [0.3, 0.4) is 0 Å². The van der Waals surface area contributed by atoms with Crippen molar-refractivity contribution in [1.82, 2.24) is 14.8 Å². The molecule has 8 heteroatoms. The quantitative estimate of drug-likeness (QED) is 0.765. The summed E-state index contributed by atoms with van der Waals surface area (Å²) in [5.74, 6) is 1.51. The highest BCUT2D eigenvalue weighted by atomic mass is 32.2. The first-order valence-electron chi connectivity index (χ1n) is 7.33. The minimum absolute atomic E-state index is 0.575. The fraction of sp³-hybridized carbons (Fsp3) is 0.467. The van der Waals surface area contributed by atoms with Gasteiger partial charge in [-0.3, -0.25) is 4.31 Å². The summed E-state index contributed by atoms with van der Waals surface area (Å²) in [4.78, 5) is 4.55. The molecule has 0 N–H and O–H groups in total. The molecule has 1 aromatic heterocycles. The van der Waals surface area contributed by atoms with Gasteiger partial charge in [0.15, 0.2) is 11.6 Å². The molecule has 0 aliphatic carbocycles. The number of aryl methyl sites for hydroxylation is 1. The fourth-order valence-electron chi connectivity index (χ4n) is 2.13. The van der Waals surface area contributed by atoms with Gasteiger partial charge in [-0.2, -0.15) is 5.10 Å². The van der Waals surface area contributed by atoms with Gasteiger partial charge in [-0.25, -0.2) is 18.1 Å². The molecule has 2 rings (SSSR count). The summed E-state index contributed by atoms with van der Waals surface area (Å²) in [6.45, 7) is 3.29. The van der Waals surface area contributed by atoms with Crippen LogP contribution in [-0.4, -0.2) is 50.2 Å². The summed E-state index contributed by atoms with van der Waals surface area (Å²) in [6, 6.07) is 7.24. The largest absolute Gasteiger partial charge is 0.384 e. The van der Waals surface area contributed by atoms with Crippen molar-refractivity contribution in [2.24, 2.45) is 0 Å². The number of ether oxygens (including phenoxy) is 1.